The second-order valence-corrected chi connectivity index (χ2v) is 5.15. The Hall–Kier alpha value is -2.74. The van der Waals surface area contributed by atoms with Crippen molar-refractivity contribution in [1.82, 2.24) is 15.1 Å². The van der Waals surface area contributed by atoms with Gasteiger partial charge in [0.05, 0.1) is 12.0 Å². The zero-order valence-electron chi connectivity index (χ0n) is 13.7. The summed E-state index contributed by atoms with van der Waals surface area (Å²) in [6, 6.07) is 6.62. The van der Waals surface area contributed by atoms with Gasteiger partial charge >= 0.3 is 5.97 Å². The Kier molecular flexibility index (Phi) is 5.64. The van der Waals surface area contributed by atoms with Crippen LogP contribution in [0.3, 0.4) is 0 Å². The second-order valence-electron chi connectivity index (χ2n) is 5.15. The molecular weight excluding hydrogens is 314 g/mol. The van der Waals surface area contributed by atoms with Crippen LogP contribution in [0.25, 0.3) is 10.8 Å². The molecular formula is C16H19N3O5. The predicted molar refractivity (Wildman–Crippen MR) is 86.7 cm³/mol. The van der Waals surface area contributed by atoms with Crippen LogP contribution in [-0.4, -0.2) is 48.0 Å². The van der Waals surface area contributed by atoms with E-state index < -0.39 is 18.0 Å². The van der Waals surface area contributed by atoms with Gasteiger partial charge in [-0.2, -0.15) is 5.10 Å². The molecule has 0 spiro atoms. The van der Waals surface area contributed by atoms with Crippen molar-refractivity contribution in [3.05, 3.63) is 40.3 Å². The van der Waals surface area contributed by atoms with Crippen molar-refractivity contribution in [2.45, 2.75) is 13.0 Å². The van der Waals surface area contributed by atoms with Crippen LogP contribution in [0.1, 0.15) is 17.4 Å². The highest BCUT2D eigenvalue weighted by atomic mass is 16.5. The van der Waals surface area contributed by atoms with Crippen LogP contribution in [-0.2, 0) is 21.3 Å². The number of benzene rings is 1. The average Bonchev–Trinajstić information content (AvgIpc) is 2.58. The third kappa shape index (κ3) is 3.77. The highest BCUT2D eigenvalue weighted by Crippen LogP contribution is 2.14. The number of esters is 1. The second kappa shape index (κ2) is 7.69. The fourth-order valence-corrected chi connectivity index (χ4v) is 2.14. The van der Waals surface area contributed by atoms with Crippen molar-refractivity contribution < 1.29 is 19.1 Å². The SMILES string of the molecule is COCCNC(=O)[C@@H](C)OC(=O)c1nn(C)c(=O)c2ccccc12. The van der Waals surface area contributed by atoms with Crippen molar-refractivity contribution in [2.24, 2.45) is 7.05 Å². The van der Waals surface area contributed by atoms with Gasteiger partial charge in [0, 0.05) is 26.1 Å². The average molecular weight is 333 g/mol. The summed E-state index contributed by atoms with van der Waals surface area (Å²) in [6.45, 7) is 2.14. The van der Waals surface area contributed by atoms with Gasteiger partial charge in [0.15, 0.2) is 11.8 Å². The minimum Gasteiger partial charge on any atom is -0.448 e. The van der Waals surface area contributed by atoms with Gasteiger partial charge in [-0.1, -0.05) is 18.2 Å². The van der Waals surface area contributed by atoms with Gasteiger partial charge < -0.3 is 14.8 Å². The Morgan fingerprint density at radius 3 is 2.62 bits per heavy atom. The fourth-order valence-electron chi connectivity index (χ4n) is 2.14. The molecule has 1 atom stereocenters. The van der Waals surface area contributed by atoms with Gasteiger partial charge in [-0.25, -0.2) is 9.48 Å². The van der Waals surface area contributed by atoms with Gasteiger partial charge in [0.2, 0.25) is 0 Å². The van der Waals surface area contributed by atoms with E-state index in [1.54, 1.807) is 24.3 Å². The van der Waals surface area contributed by atoms with E-state index in [0.717, 1.165) is 4.68 Å². The molecule has 0 saturated carbocycles. The summed E-state index contributed by atoms with van der Waals surface area (Å²) < 4.78 is 11.1. The summed E-state index contributed by atoms with van der Waals surface area (Å²) in [5.74, 6) is -1.20. The summed E-state index contributed by atoms with van der Waals surface area (Å²) in [7, 11) is 2.97. The molecule has 0 fully saturated rings. The van der Waals surface area contributed by atoms with E-state index in [-0.39, 0.29) is 11.3 Å². The summed E-state index contributed by atoms with van der Waals surface area (Å²) >= 11 is 0. The molecule has 2 aromatic rings. The van der Waals surface area contributed by atoms with Crippen molar-refractivity contribution in [2.75, 3.05) is 20.3 Å². The molecule has 128 valence electrons. The molecule has 0 saturated heterocycles. The van der Waals surface area contributed by atoms with Crippen LogP contribution in [0.15, 0.2) is 29.1 Å². The van der Waals surface area contributed by atoms with E-state index in [0.29, 0.717) is 23.9 Å². The standard InChI is InChI=1S/C16H19N3O5/c1-10(14(20)17-8-9-23-3)24-16(22)13-11-6-4-5-7-12(11)15(21)19(2)18-13/h4-7,10H,8-9H2,1-3H3,(H,17,20)/t10-/m1/s1. The van der Waals surface area contributed by atoms with Gasteiger partial charge in [-0.3, -0.25) is 9.59 Å². The van der Waals surface area contributed by atoms with Gasteiger partial charge in [0.1, 0.15) is 0 Å². The predicted octanol–water partition coefficient (Wildman–Crippen LogP) is 0.241. The molecule has 1 N–H and O–H groups in total. The van der Waals surface area contributed by atoms with Gasteiger partial charge in [-0.05, 0) is 13.0 Å². The lowest BCUT2D eigenvalue weighted by Crippen LogP contribution is -2.37. The largest absolute Gasteiger partial charge is 0.448 e. The number of rotatable bonds is 6. The summed E-state index contributed by atoms with van der Waals surface area (Å²) in [6.07, 6.45) is -0.993. The van der Waals surface area contributed by atoms with Crippen molar-refractivity contribution >= 4 is 22.6 Å². The van der Waals surface area contributed by atoms with E-state index in [2.05, 4.69) is 10.4 Å². The monoisotopic (exact) mass is 333 g/mol. The number of nitrogens with one attached hydrogen (secondary N) is 1. The lowest BCUT2D eigenvalue weighted by atomic mass is 10.1. The molecule has 0 unspecified atom stereocenters. The van der Waals surface area contributed by atoms with E-state index in [1.807, 2.05) is 0 Å². The Labute approximate surface area is 138 Å². The molecule has 8 heteroatoms. The molecule has 2 rings (SSSR count). The van der Waals surface area contributed by atoms with Crippen molar-refractivity contribution in [3.63, 3.8) is 0 Å². The number of hydrogen-bond acceptors (Lipinski definition) is 6. The lowest BCUT2D eigenvalue weighted by molar-refractivity contribution is -0.129. The van der Waals surface area contributed by atoms with E-state index in [4.69, 9.17) is 9.47 Å². The third-order valence-electron chi connectivity index (χ3n) is 3.41. The number of ether oxygens (including phenoxy) is 2. The van der Waals surface area contributed by atoms with Crippen LogP contribution in [0.4, 0.5) is 0 Å². The van der Waals surface area contributed by atoms with Crippen LogP contribution in [0.5, 0.6) is 0 Å². The number of amides is 1. The van der Waals surface area contributed by atoms with Crippen molar-refractivity contribution in [1.29, 1.82) is 0 Å². The fraction of sp³-hybridized carbons (Fsp3) is 0.375. The number of nitrogens with zero attached hydrogens (tertiary/aromatic N) is 2. The first-order valence-corrected chi connectivity index (χ1v) is 7.39. The van der Waals surface area contributed by atoms with E-state index >= 15 is 0 Å². The Morgan fingerprint density at radius 2 is 1.96 bits per heavy atom. The molecule has 1 amide bonds. The summed E-state index contributed by atoms with van der Waals surface area (Å²) in [5.41, 5.74) is -0.322. The molecule has 24 heavy (non-hydrogen) atoms. The first kappa shape index (κ1) is 17.6. The molecule has 0 aliphatic rings. The first-order chi connectivity index (χ1) is 11.5. The zero-order chi connectivity index (χ0) is 17.7. The number of aromatic nitrogens is 2. The Morgan fingerprint density at radius 1 is 1.29 bits per heavy atom. The van der Waals surface area contributed by atoms with Crippen LogP contribution < -0.4 is 10.9 Å². The minimum absolute atomic E-state index is 0.00996. The number of fused-ring (bicyclic) bond motifs is 1. The molecule has 1 heterocycles. The normalized spacial score (nSPS) is 12.0. The maximum Gasteiger partial charge on any atom is 0.360 e. The van der Waals surface area contributed by atoms with Gasteiger partial charge in [-0.15, -0.1) is 0 Å². The minimum atomic E-state index is -0.993. The number of hydrogen-bond donors (Lipinski definition) is 1. The van der Waals surface area contributed by atoms with Crippen molar-refractivity contribution in [3.8, 4) is 0 Å². The first-order valence-electron chi connectivity index (χ1n) is 7.39. The molecule has 1 aromatic heterocycles. The molecule has 8 nitrogen and oxygen atoms in total. The number of carbonyl (C=O) groups excluding carboxylic acids is 2. The maximum atomic E-state index is 12.4. The zero-order valence-corrected chi connectivity index (χ0v) is 13.7. The van der Waals surface area contributed by atoms with Crippen LogP contribution >= 0.6 is 0 Å². The van der Waals surface area contributed by atoms with E-state index in [9.17, 15) is 14.4 Å². The highest BCUT2D eigenvalue weighted by Gasteiger charge is 2.22. The molecule has 0 radical (unpaired) electrons. The number of carbonyl (C=O) groups is 2. The summed E-state index contributed by atoms with van der Waals surface area (Å²) in [4.78, 5) is 36.3. The third-order valence-corrected chi connectivity index (χ3v) is 3.41. The van der Waals surface area contributed by atoms with Gasteiger partial charge in [0.25, 0.3) is 11.5 Å². The smallest absolute Gasteiger partial charge is 0.360 e. The van der Waals surface area contributed by atoms with Crippen LogP contribution in [0.2, 0.25) is 0 Å². The summed E-state index contributed by atoms with van der Waals surface area (Å²) in [5, 5.41) is 7.29. The Balaban J connectivity index is 2.21. The number of methoxy groups -OCH3 is 1. The molecule has 0 aliphatic heterocycles. The lowest BCUT2D eigenvalue weighted by Gasteiger charge is -2.14. The Bertz CT molecular complexity index is 815. The quantitative estimate of drug-likeness (QED) is 0.600. The maximum absolute atomic E-state index is 12.4. The molecule has 0 bridgehead atoms. The molecule has 0 aliphatic carbocycles. The van der Waals surface area contributed by atoms with E-state index in [1.165, 1.54) is 21.1 Å². The highest BCUT2D eigenvalue weighted by molar-refractivity contribution is 6.02. The molecule has 1 aromatic carbocycles. The topological polar surface area (TPSA) is 99.5 Å². The van der Waals surface area contributed by atoms with Crippen LogP contribution in [0, 0.1) is 0 Å². The number of aryl methyl sites for hydroxylation is 1.